The molecule has 0 spiro atoms. The molecule has 0 aliphatic heterocycles. The summed E-state index contributed by atoms with van der Waals surface area (Å²) in [4.78, 5) is 0. The van der Waals surface area contributed by atoms with Gasteiger partial charge in [-0.25, -0.2) is 0 Å². The van der Waals surface area contributed by atoms with Crippen LogP contribution in [0.2, 0.25) is 0 Å². The predicted octanol–water partition coefficient (Wildman–Crippen LogP) is 2.21. The van der Waals surface area contributed by atoms with Crippen LogP contribution in [0.1, 0.15) is 29.5 Å². The van der Waals surface area contributed by atoms with Gasteiger partial charge < -0.3 is 10.4 Å². The Bertz CT molecular complexity index is 383. The molecule has 0 amide bonds. The minimum absolute atomic E-state index is 0.225. The molecule has 2 rings (SSSR count). The number of benzene rings is 1. The summed E-state index contributed by atoms with van der Waals surface area (Å²) in [5.41, 5.74) is 4.35. The SMILES string of the molecule is Cc1ccc(CCNCC2(CO)CC2)cc1C. The van der Waals surface area contributed by atoms with E-state index in [0.717, 1.165) is 19.5 Å². The van der Waals surface area contributed by atoms with E-state index in [0.29, 0.717) is 6.61 Å². The third kappa shape index (κ3) is 3.30. The lowest BCUT2D eigenvalue weighted by atomic mass is 10.0. The highest BCUT2D eigenvalue weighted by atomic mass is 16.3. The second-order valence-electron chi connectivity index (χ2n) is 5.50. The molecule has 0 atom stereocenters. The molecular weight excluding hydrogens is 210 g/mol. The molecular formula is C15H23NO. The fraction of sp³-hybridized carbons (Fsp3) is 0.600. The van der Waals surface area contributed by atoms with Gasteiger partial charge in [-0.05, 0) is 56.3 Å². The van der Waals surface area contributed by atoms with E-state index in [1.54, 1.807) is 0 Å². The summed E-state index contributed by atoms with van der Waals surface area (Å²) >= 11 is 0. The Balaban J connectivity index is 1.73. The summed E-state index contributed by atoms with van der Waals surface area (Å²) in [5.74, 6) is 0. The summed E-state index contributed by atoms with van der Waals surface area (Å²) in [7, 11) is 0. The molecule has 1 aromatic rings. The minimum Gasteiger partial charge on any atom is -0.396 e. The van der Waals surface area contributed by atoms with Crippen LogP contribution in [0.25, 0.3) is 0 Å². The van der Waals surface area contributed by atoms with Crippen molar-refractivity contribution in [2.75, 3.05) is 19.7 Å². The smallest absolute Gasteiger partial charge is 0.0499 e. The lowest BCUT2D eigenvalue weighted by Crippen LogP contribution is -2.28. The first-order valence-electron chi connectivity index (χ1n) is 6.53. The molecule has 94 valence electrons. The average molecular weight is 233 g/mol. The molecule has 2 nitrogen and oxygen atoms in total. The quantitative estimate of drug-likeness (QED) is 0.738. The Morgan fingerprint density at radius 3 is 2.59 bits per heavy atom. The Labute approximate surface area is 104 Å². The van der Waals surface area contributed by atoms with E-state index in [4.69, 9.17) is 0 Å². The van der Waals surface area contributed by atoms with Crippen molar-refractivity contribution < 1.29 is 5.11 Å². The van der Waals surface area contributed by atoms with E-state index >= 15 is 0 Å². The third-order valence-electron chi connectivity index (χ3n) is 3.95. The summed E-state index contributed by atoms with van der Waals surface area (Å²) in [6, 6.07) is 6.68. The molecule has 1 saturated carbocycles. The Morgan fingerprint density at radius 1 is 1.24 bits per heavy atom. The number of rotatable bonds is 6. The van der Waals surface area contributed by atoms with Crippen molar-refractivity contribution in [3.63, 3.8) is 0 Å². The molecule has 0 saturated heterocycles. The Kier molecular flexibility index (Phi) is 3.85. The third-order valence-corrected chi connectivity index (χ3v) is 3.95. The van der Waals surface area contributed by atoms with Crippen LogP contribution in [0, 0.1) is 19.3 Å². The normalized spacial score (nSPS) is 17.1. The van der Waals surface area contributed by atoms with Gasteiger partial charge >= 0.3 is 0 Å². The summed E-state index contributed by atoms with van der Waals surface area (Å²) < 4.78 is 0. The molecule has 17 heavy (non-hydrogen) atoms. The Hall–Kier alpha value is -0.860. The number of nitrogens with one attached hydrogen (secondary N) is 1. The van der Waals surface area contributed by atoms with Gasteiger partial charge in [-0.15, -0.1) is 0 Å². The molecule has 0 aromatic heterocycles. The number of aliphatic hydroxyl groups is 1. The van der Waals surface area contributed by atoms with Crippen molar-refractivity contribution >= 4 is 0 Å². The number of hydrogen-bond donors (Lipinski definition) is 2. The second-order valence-corrected chi connectivity index (χ2v) is 5.50. The van der Waals surface area contributed by atoms with Crippen molar-refractivity contribution in [1.29, 1.82) is 0 Å². The number of aliphatic hydroxyl groups excluding tert-OH is 1. The largest absolute Gasteiger partial charge is 0.396 e. The summed E-state index contributed by atoms with van der Waals surface area (Å²) in [5, 5.41) is 12.7. The van der Waals surface area contributed by atoms with Crippen LogP contribution in [0.4, 0.5) is 0 Å². The highest BCUT2D eigenvalue weighted by molar-refractivity contribution is 5.30. The number of aryl methyl sites for hydroxylation is 2. The van der Waals surface area contributed by atoms with Gasteiger partial charge in [-0.2, -0.15) is 0 Å². The van der Waals surface area contributed by atoms with Gasteiger partial charge in [0.2, 0.25) is 0 Å². The first-order chi connectivity index (χ1) is 8.15. The van der Waals surface area contributed by atoms with Crippen LogP contribution in [0.3, 0.4) is 0 Å². The van der Waals surface area contributed by atoms with Gasteiger partial charge in [0.25, 0.3) is 0 Å². The molecule has 2 N–H and O–H groups in total. The highest BCUT2D eigenvalue weighted by Gasteiger charge is 2.41. The van der Waals surface area contributed by atoms with E-state index in [1.807, 2.05) is 0 Å². The molecule has 0 unspecified atom stereocenters. The van der Waals surface area contributed by atoms with Crippen LogP contribution in [-0.4, -0.2) is 24.8 Å². The first-order valence-corrected chi connectivity index (χ1v) is 6.53. The molecule has 2 heteroatoms. The maximum absolute atomic E-state index is 9.20. The summed E-state index contributed by atoms with van der Waals surface area (Å²) in [6.07, 6.45) is 3.43. The molecule has 1 aliphatic carbocycles. The van der Waals surface area contributed by atoms with Gasteiger partial charge in [0.1, 0.15) is 0 Å². The molecule has 0 radical (unpaired) electrons. The first kappa shape index (κ1) is 12.6. The molecule has 1 fully saturated rings. The topological polar surface area (TPSA) is 32.3 Å². The zero-order valence-electron chi connectivity index (χ0n) is 10.9. The van der Waals surface area contributed by atoms with Gasteiger partial charge in [0, 0.05) is 18.6 Å². The van der Waals surface area contributed by atoms with Gasteiger partial charge in [-0.1, -0.05) is 18.2 Å². The maximum atomic E-state index is 9.20. The van der Waals surface area contributed by atoms with Gasteiger partial charge in [0.15, 0.2) is 0 Å². The van der Waals surface area contributed by atoms with Crippen molar-refractivity contribution in [3.8, 4) is 0 Å². The van der Waals surface area contributed by atoms with Crippen molar-refractivity contribution in [2.45, 2.75) is 33.1 Å². The lowest BCUT2D eigenvalue weighted by molar-refractivity contribution is 0.208. The fourth-order valence-electron chi connectivity index (χ4n) is 2.11. The minimum atomic E-state index is 0.225. The molecule has 0 heterocycles. The maximum Gasteiger partial charge on any atom is 0.0499 e. The van der Waals surface area contributed by atoms with E-state index in [-0.39, 0.29) is 5.41 Å². The Morgan fingerprint density at radius 2 is 2.00 bits per heavy atom. The van der Waals surface area contributed by atoms with Crippen molar-refractivity contribution in [3.05, 3.63) is 34.9 Å². The van der Waals surface area contributed by atoms with Crippen LogP contribution in [-0.2, 0) is 6.42 Å². The molecule has 1 aromatic carbocycles. The number of hydrogen-bond acceptors (Lipinski definition) is 2. The fourth-order valence-corrected chi connectivity index (χ4v) is 2.11. The molecule has 1 aliphatic rings. The van der Waals surface area contributed by atoms with Crippen LogP contribution < -0.4 is 5.32 Å². The predicted molar refractivity (Wildman–Crippen MR) is 71.2 cm³/mol. The summed E-state index contributed by atoms with van der Waals surface area (Å²) in [6.45, 7) is 6.62. The van der Waals surface area contributed by atoms with E-state index < -0.39 is 0 Å². The van der Waals surface area contributed by atoms with Crippen molar-refractivity contribution in [2.24, 2.45) is 5.41 Å². The van der Waals surface area contributed by atoms with E-state index in [1.165, 1.54) is 29.5 Å². The highest BCUT2D eigenvalue weighted by Crippen LogP contribution is 2.44. The monoisotopic (exact) mass is 233 g/mol. The van der Waals surface area contributed by atoms with Crippen LogP contribution in [0.5, 0.6) is 0 Å². The van der Waals surface area contributed by atoms with Gasteiger partial charge in [-0.3, -0.25) is 0 Å². The standard InChI is InChI=1S/C15H23NO/c1-12-3-4-14(9-13(12)2)5-8-16-10-15(11-17)6-7-15/h3-4,9,16-17H,5-8,10-11H2,1-2H3. The lowest BCUT2D eigenvalue weighted by Gasteiger charge is -2.12. The van der Waals surface area contributed by atoms with Gasteiger partial charge in [0.05, 0.1) is 0 Å². The second kappa shape index (κ2) is 5.19. The van der Waals surface area contributed by atoms with E-state index in [2.05, 4.69) is 37.4 Å². The van der Waals surface area contributed by atoms with Crippen LogP contribution >= 0.6 is 0 Å². The molecule has 0 bridgehead atoms. The van der Waals surface area contributed by atoms with Crippen molar-refractivity contribution in [1.82, 2.24) is 5.32 Å². The zero-order chi connectivity index (χ0) is 12.3. The van der Waals surface area contributed by atoms with Crippen LogP contribution in [0.15, 0.2) is 18.2 Å². The zero-order valence-corrected chi connectivity index (χ0v) is 10.9. The average Bonchev–Trinajstić information content (AvgIpc) is 3.10. The van der Waals surface area contributed by atoms with E-state index in [9.17, 15) is 5.11 Å².